The molecule has 0 aliphatic heterocycles. The number of hydrogen-bond donors (Lipinski definition) is 2. The number of amides is 3. The number of carbonyl (C=O) groups excluding carboxylic acids is 3. The molecule has 0 radical (unpaired) electrons. The van der Waals surface area contributed by atoms with Crippen LogP contribution >= 0.6 is 23.2 Å². The van der Waals surface area contributed by atoms with Crippen LogP contribution in [-0.4, -0.2) is 24.0 Å². The molecule has 114 valence electrons. The van der Waals surface area contributed by atoms with Crippen molar-refractivity contribution in [2.75, 3.05) is 0 Å². The second-order valence-corrected chi connectivity index (χ2v) is 5.45. The lowest BCUT2D eigenvalue weighted by Crippen LogP contribution is -2.45. The highest BCUT2D eigenvalue weighted by atomic mass is 35.5. The molecular formula is C13H14Cl2N2O4. The first-order chi connectivity index (χ1) is 9.70. The lowest BCUT2D eigenvalue weighted by Gasteiger charge is -2.19. The number of halogens is 2. The van der Waals surface area contributed by atoms with Gasteiger partial charge in [0, 0.05) is 10.0 Å². The highest BCUT2D eigenvalue weighted by molar-refractivity contribution is 6.35. The zero-order chi connectivity index (χ0) is 16.2. The number of carbonyl (C=O) groups is 3. The van der Waals surface area contributed by atoms with Crippen molar-refractivity contribution in [1.82, 2.24) is 5.32 Å². The molecular weight excluding hydrogens is 319 g/mol. The van der Waals surface area contributed by atoms with Crippen molar-refractivity contribution in [2.24, 2.45) is 11.7 Å². The molecule has 0 saturated heterocycles. The van der Waals surface area contributed by atoms with E-state index in [1.807, 2.05) is 5.32 Å². The first-order valence-electron chi connectivity index (χ1n) is 5.98. The summed E-state index contributed by atoms with van der Waals surface area (Å²) in [6.45, 7) is 3.31. The van der Waals surface area contributed by atoms with E-state index in [0.29, 0.717) is 0 Å². The van der Waals surface area contributed by atoms with Gasteiger partial charge in [-0.3, -0.25) is 10.1 Å². The summed E-state index contributed by atoms with van der Waals surface area (Å²) in [4.78, 5) is 34.5. The fourth-order valence-corrected chi connectivity index (χ4v) is 2.07. The predicted molar refractivity (Wildman–Crippen MR) is 78.2 cm³/mol. The lowest BCUT2D eigenvalue weighted by molar-refractivity contribution is -0.130. The Morgan fingerprint density at radius 1 is 1.14 bits per heavy atom. The van der Waals surface area contributed by atoms with E-state index in [1.54, 1.807) is 13.8 Å². The summed E-state index contributed by atoms with van der Waals surface area (Å²) in [7, 11) is 0. The van der Waals surface area contributed by atoms with Crippen LogP contribution in [0.1, 0.15) is 24.2 Å². The number of nitrogens with one attached hydrogen (secondary N) is 1. The summed E-state index contributed by atoms with van der Waals surface area (Å²) in [5, 5.41) is 2.40. The van der Waals surface area contributed by atoms with Gasteiger partial charge in [0.15, 0.2) is 6.10 Å². The molecule has 0 saturated carbocycles. The number of benzene rings is 1. The first kappa shape index (κ1) is 17.3. The van der Waals surface area contributed by atoms with Gasteiger partial charge in [0.25, 0.3) is 5.91 Å². The molecule has 0 bridgehead atoms. The molecule has 0 aliphatic rings. The zero-order valence-corrected chi connectivity index (χ0v) is 12.9. The monoisotopic (exact) mass is 332 g/mol. The number of ether oxygens (including phenoxy) is 1. The first-order valence-corrected chi connectivity index (χ1v) is 6.73. The molecule has 3 N–H and O–H groups in total. The zero-order valence-electron chi connectivity index (χ0n) is 11.4. The van der Waals surface area contributed by atoms with Crippen molar-refractivity contribution < 1.29 is 19.1 Å². The molecule has 0 spiro atoms. The van der Waals surface area contributed by atoms with Crippen molar-refractivity contribution in [2.45, 2.75) is 20.0 Å². The maximum atomic E-state index is 12.0. The summed E-state index contributed by atoms with van der Waals surface area (Å²) in [5.74, 6) is -1.93. The van der Waals surface area contributed by atoms with Crippen LogP contribution in [0.4, 0.5) is 4.79 Å². The smallest absolute Gasteiger partial charge is 0.339 e. The van der Waals surface area contributed by atoms with Crippen LogP contribution in [0, 0.1) is 5.92 Å². The Morgan fingerprint density at radius 2 is 1.67 bits per heavy atom. The molecule has 1 atom stereocenters. The molecule has 0 unspecified atom stereocenters. The number of nitrogens with two attached hydrogens (primary N) is 1. The summed E-state index contributed by atoms with van der Waals surface area (Å²) in [6, 6.07) is 3.16. The van der Waals surface area contributed by atoms with E-state index < -0.39 is 24.0 Å². The van der Waals surface area contributed by atoms with E-state index in [0.717, 1.165) is 0 Å². The second kappa shape index (κ2) is 7.28. The number of imide groups is 1. The average molecular weight is 333 g/mol. The van der Waals surface area contributed by atoms with Crippen LogP contribution in [-0.2, 0) is 9.53 Å². The van der Waals surface area contributed by atoms with Gasteiger partial charge in [0.1, 0.15) is 0 Å². The molecule has 21 heavy (non-hydrogen) atoms. The minimum atomic E-state index is -1.16. The van der Waals surface area contributed by atoms with E-state index in [9.17, 15) is 14.4 Å². The van der Waals surface area contributed by atoms with Crippen molar-refractivity contribution in [3.05, 3.63) is 33.8 Å². The van der Waals surface area contributed by atoms with E-state index >= 15 is 0 Å². The Balaban J connectivity index is 2.90. The van der Waals surface area contributed by atoms with Gasteiger partial charge in [0.2, 0.25) is 0 Å². The third kappa shape index (κ3) is 5.24. The summed E-state index contributed by atoms with van der Waals surface area (Å²) in [6.07, 6.45) is -1.16. The summed E-state index contributed by atoms with van der Waals surface area (Å²) in [5.41, 5.74) is 4.97. The van der Waals surface area contributed by atoms with E-state index in [1.165, 1.54) is 18.2 Å². The van der Waals surface area contributed by atoms with Gasteiger partial charge in [0.05, 0.1) is 5.56 Å². The van der Waals surface area contributed by atoms with Crippen LogP contribution in [0.3, 0.4) is 0 Å². The quantitative estimate of drug-likeness (QED) is 0.827. The molecule has 1 aromatic rings. The fourth-order valence-electron chi connectivity index (χ4n) is 1.54. The van der Waals surface area contributed by atoms with Gasteiger partial charge in [-0.15, -0.1) is 0 Å². The minimum absolute atomic E-state index is 0.102. The summed E-state index contributed by atoms with van der Waals surface area (Å²) >= 11 is 11.6. The highest BCUT2D eigenvalue weighted by Crippen LogP contribution is 2.20. The Hall–Kier alpha value is -1.79. The molecule has 6 nitrogen and oxygen atoms in total. The van der Waals surface area contributed by atoms with Gasteiger partial charge in [-0.2, -0.15) is 0 Å². The van der Waals surface area contributed by atoms with Crippen molar-refractivity contribution >= 4 is 41.1 Å². The third-order valence-corrected chi connectivity index (χ3v) is 2.88. The molecule has 0 fully saturated rings. The highest BCUT2D eigenvalue weighted by Gasteiger charge is 2.28. The average Bonchev–Trinajstić information content (AvgIpc) is 2.32. The van der Waals surface area contributed by atoms with E-state index in [2.05, 4.69) is 0 Å². The molecule has 1 rings (SSSR count). The van der Waals surface area contributed by atoms with Crippen molar-refractivity contribution in [3.8, 4) is 0 Å². The largest absolute Gasteiger partial charge is 0.448 e. The molecule has 3 amide bonds. The minimum Gasteiger partial charge on any atom is -0.448 e. The SMILES string of the molecule is CC(C)[C@H](OC(=O)c1cc(Cl)cc(Cl)c1)C(=O)NC(N)=O. The van der Waals surface area contributed by atoms with Crippen LogP contribution in [0.2, 0.25) is 10.0 Å². The molecule has 1 aromatic carbocycles. The van der Waals surface area contributed by atoms with Crippen LogP contribution in [0.15, 0.2) is 18.2 Å². The van der Waals surface area contributed by atoms with E-state index in [-0.39, 0.29) is 21.5 Å². The number of rotatable bonds is 4. The Bertz CT molecular complexity index is 555. The lowest BCUT2D eigenvalue weighted by atomic mass is 10.1. The molecule has 0 aromatic heterocycles. The van der Waals surface area contributed by atoms with Gasteiger partial charge in [-0.1, -0.05) is 37.0 Å². The van der Waals surface area contributed by atoms with Gasteiger partial charge >= 0.3 is 12.0 Å². The van der Waals surface area contributed by atoms with Crippen LogP contribution in [0.25, 0.3) is 0 Å². The normalized spacial score (nSPS) is 11.9. The topological polar surface area (TPSA) is 98.5 Å². The Morgan fingerprint density at radius 3 is 2.10 bits per heavy atom. The van der Waals surface area contributed by atoms with Crippen molar-refractivity contribution in [1.29, 1.82) is 0 Å². The van der Waals surface area contributed by atoms with E-state index in [4.69, 9.17) is 33.7 Å². The maximum absolute atomic E-state index is 12.0. The summed E-state index contributed by atoms with van der Waals surface area (Å²) < 4.78 is 5.09. The van der Waals surface area contributed by atoms with Gasteiger partial charge in [-0.25, -0.2) is 9.59 Å². The maximum Gasteiger partial charge on any atom is 0.339 e. The van der Waals surface area contributed by atoms with Gasteiger partial charge in [-0.05, 0) is 24.1 Å². The molecule has 0 aliphatic carbocycles. The van der Waals surface area contributed by atoms with Crippen molar-refractivity contribution in [3.63, 3.8) is 0 Å². The van der Waals surface area contributed by atoms with Gasteiger partial charge < -0.3 is 10.5 Å². The Labute approximate surface area is 131 Å². The number of urea groups is 1. The number of esters is 1. The molecule has 8 heteroatoms. The third-order valence-electron chi connectivity index (χ3n) is 2.44. The predicted octanol–water partition coefficient (Wildman–Crippen LogP) is 2.37. The Kier molecular flexibility index (Phi) is 5.99. The fraction of sp³-hybridized carbons (Fsp3) is 0.308. The number of hydrogen-bond acceptors (Lipinski definition) is 4. The van der Waals surface area contributed by atoms with Crippen LogP contribution in [0.5, 0.6) is 0 Å². The number of primary amides is 1. The van der Waals surface area contributed by atoms with Crippen LogP contribution < -0.4 is 11.1 Å². The standard InChI is InChI=1S/C13H14Cl2N2O4/c1-6(2)10(11(18)17-13(16)20)21-12(19)7-3-8(14)5-9(15)4-7/h3-6,10H,1-2H3,(H3,16,17,18,20)/t10-/m0/s1. The second-order valence-electron chi connectivity index (χ2n) is 4.58. The molecule has 0 heterocycles.